The Balaban J connectivity index is 2.19. The Labute approximate surface area is 119 Å². The summed E-state index contributed by atoms with van der Waals surface area (Å²) in [4.78, 5) is 14.8. The largest absolute Gasteiger partial charge is 0.326 e. The van der Waals surface area contributed by atoms with Crippen molar-refractivity contribution in [3.8, 4) is 0 Å². The van der Waals surface area contributed by atoms with Crippen molar-refractivity contribution in [3.63, 3.8) is 0 Å². The fraction of sp³-hybridized carbons (Fsp3) is 0.0714. The number of para-hydroxylation sites is 1. The van der Waals surface area contributed by atoms with Gasteiger partial charge in [0.2, 0.25) is 0 Å². The highest BCUT2D eigenvalue weighted by atomic mass is 35.5. The zero-order valence-electron chi connectivity index (χ0n) is 9.86. The minimum Gasteiger partial charge on any atom is -0.305 e. The molecule has 3 nitrogen and oxygen atoms in total. The molecule has 5 heteroatoms. The maximum absolute atomic E-state index is 12.0. The highest BCUT2D eigenvalue weighted by Crippen LogP contribution is 2.23. The van der Waals surface area contributed by atoms with Gasteiger partial charge < -0.3 is 4.98 Å². The molecular weight excluding hydrogens is 283 g/mol. The highest BCUT2D eigenvalue weighted by Gasteiger charge is 2.11. The van der Waals surface area contributed by atoms with Crippen LogP contribution in [-0.2, 0) is 6.54 Å². The van der Waals surface area contributed by atoms with Crippen molar-refractivity contribution in [2.24, 2.45) is 0 Å². The third-order valence-electron chi connectivity index (χ3n) is 3.03. The van der Waals surface area contributed by atoms with E-state index in [9.17, 15) is 4.79 Å². The zero-order valence-corrected chi connectivity index (χ0v) is 11.4. The molecule has 0 aliphatic heterocycles. The van der Waals surface area contributed by atoms with Crippen LogP contribution in [0.25, 0.3) is 11.0 Å². The third kappa shape index (κ3) is 2.15. The summed E-state index contributed by atoms with van der Waals surface area (Å²) >= 11 is 12.3. The normalized spacial score (nSPS) is 11.1. The van der Waals surface area contributed by atoms with Crippen molar-refractivity contribution >= 4 is 34.2 Å². The van der Waals surface area contributed by atoms with Crippen LogP contribution < -0.4 is 5.69 Å². The average molecular weight is 293 g/mol. The van der Waals surface area contributed by atoms with Gasteiger partial charge in [-0.25, -0.2) is 4.79 Å². The smallest absolute Gasteiger partial charge is 0.305 e. The molecular formula is C14H10Cl2N2O. The van der Waals surface area contributed by atoms with Gasteiger partial charge in [0.1, 0.15) is 0 Å². The van der Waals surface area contributed by atoms with Crippen LogP contribution in [0.1, 0.15) is 5.56 Å². The van der Waals surface area contributed by atoms with E-state index in [1.165, 1.54) is 0 Å². The molecule has 19 heavy (non-hydrogen) atoms. The summed E-state index contributed by atoms with van der Waals surface area (Å²) < 4.78 is 1.60. The zero-order chi connectivity index (χ0) is 13.4. The van der Waals surface area contributed by atoms with Crippen LogP contribution >= 0.6 is 23.2 Å². The number of H-pyrrole nitrogens is 1. The van der Waals surface area contributed by atoms with Crippen molar-refractivity contribution in [1.29, 1.82) is 0 Å². The molecule has 1 N–H and O–H groups in total. The summed E-state index contributed by atoms with van der Waals surface area (Å²) in [6.07, 6.45) is 0. The number of hydrogen-bond donors (Lipinski definition) is 1. The van der Waals surface area contributed by atoms with Crippen LogP contribution in [0.5, 0.6) is 0 Å². The number of aromatic nitrogens is 2. The standard InChI is InChI=1S/C14H10Cl2N2O/c15-10-5-2-1-4-9(10)8-18-13-11(16)6-3-7-12(13)17-14(18)19/h1-7H,8H2,(H,17,19). The van der Waals surface area contributed by atoms with E-state index in [0.717, 1.165) is 11.1 Å². The molecule has 3 rings (SSSR count). The minimum absolute atomic E-state index is 0.192. The fourth-order valence-corrected chi connectivity index (χ4v) is 2.59. The van der Waals surface area contributed by atoms with Crippen molar-refractivity contribution in [2.45, 2.75) is 6.54 Å². The van der Waals surface area contributed by atoms with Crippen LogP contribution in [0, 0.1) is 0 Å². The van der Waals surface area contributed by atoms with Gasteiger partial charge in [-0.1, -0.05) is 47.5 Å². The maximum atomic E-state index is 12.0. The Hall–Kier alpha value is -1.71. The van der Waals surface area contributed by atoms with E-state index >= 15 is 0 Å². The maximum Gasteiger partial charge on any atom is 0.326 e. The number of halogens is 2. The average Bonchev–Trinajstić information content (AvgIpc) is 2.70. The highest BCUT2D eigenvalue weighted by molar-refractivity contribution is 6.35. The van der Waals surface area contributed by atoms with Gasteiger partial charge in [0.05, 0.1) is 22.6 Å². The van der Waals surface area contributed by atoms with Crippen LogP contribution in [0.3, 0.4) is 0 Å². The van der Waals surface area contributed by atoms with Crippen LogP contribution in [0.15, 0.2) is 47.3 Å². The number of hydrogen-bond acceptors (Lipinski definition) is 1. The summed E-state index contributed by atoms with van der Waals surface area (Å²) in [5, 5.41) is 1.18. The SMILES string of the molecule is O=c1[nH]c2cccc(Cl)c2n1Cc1ccccc1Cl. The summed E-state index contributed by atoms with van der Waals surface area (Å²) in [5.41, 5.74) is 2.12. The van der Waals surface area contributed by atoms with E-state index in [0.29, 0.717) is 22.1 Å². The lowest BCUT2D eigenvalue weighted by atomic mass is 10.2. The van der Waals surface area contributed by atoms with Crippen LogP contribution in [0.4, 0.5) is 0 Å². The van der Waals surface area contributed by atoms with Crippen molar-refractivity contribution in [1.82, 2.24) is 9.55 Å². The molecule has 0 bridgehead atoms. The molecule has 0 amide bonds. The Kier molecular flexibility index (Phi) is 3.09. The number of aromatic amines is 1. The van der Waals surface area contributed by atoms with Crippen molar-refractivity contribution < 1.29 is 0 Å². The van der Waals surface area contributed by atoms with Gasteiger partial charge in [-0.3, -0.25) is 4.57 Å². The molecule has 0 aliphatic rings. The molecule has 0 spiro atoms. The van der Waals surface area contributed by atoms with E-state index < -0.39 is 0 Å². The van der Waals surface area contributed by atoms with Gasteiger partial charge in [0.25, 0.3) is 0 Å². The van der Waals surface area contributed by atoms with E-state index in [4.69, 9.17) is 23.2 Å². The molecule has 2 aromatic carbocycles. The number of fused-ring (bicyclic) bond motifs is 1. The van der Waals surface area contributed by atoms with Crippen LogP contribution in [-0.4, -0.2) is 9.55 Å². The van der Waals surface area contributed by atoms with Crippen molar-refractivity contribution in [2.75, 3.05) is 0 Å². The topological polar surface area (TPSA) is 37.8 Å². The Morgan fingerprint density at radius 2 is 1.74 bits per heavy atom. The summed E-state index contributed by atoms with van der Waals surface area (Å²) in [7, 11) is 0. The lowest BCUT2D eigenvalue weighted by Crippen LogP contribution is -2.17. The van der Waals surface area contributed by atoms with Gasteiger partial charge in [0, 0.05) is 5.02 Å². The first-order valence-electron chi connectivity index (χ1n) is 5.77. The molecule has 1 heterocycles. The second kappa shape index (κ2) is 4.76. The first-order valence-corrected chi connectivity index (χ1v) is 6.53. The predicted octanol–water partition coefficient (Wildman–Crippen LogP) is 3.68. The first-order chi connectivity index (χ1) is 9.16. The molecule has 0 fully saturated rings. The van der Waals surface area contributed by atoms with E-state index in [1.54, 1.807) is 22.8 Å². The Morgan fingerprint density at radius 1 is 1.00 bits per heavy atom. The number of benzene rings is 2. The molecule has 0 unspecified atom stereocenters. The molecule has 1 aromatic heterocycles. The van der Waals surface area contributed by atoms with Crippen LogP contribution in [0.2, 0.25) is 10.0 Å². The number of imidazole rings is 1. The van der Waals surface area contributed by atoms with E-state index in [-0.39, 0.29) is 5.69 Å². The van der Waals surface area contributed by atoms with E-state index in [1.807, 2.05) is 24.3 Å². The second-order valence-corrected chi connectivity index (χ2v) is 5.06. The molecule has 0 saturated carbocycles. The molecule has 0 radical (unpaired) electrons. The summed E-state index contributed by atoms with van der Waals surface area (Å²) in [6.45, 7) is 0.391. The molecule has 3 aromatic rings. The number of rotatable bonds is 2. The lowest BCUT2D eigenvalue weighted by Gasteiger charge is -2.06. The minimum atomic E-state index is -0.192. The summed E-state index contributed by atoms with van der Waals surface area (Å²) in [5.74, 6) is 0. The fourth-order valence-electron chi connectivity index (χ4n) is 2.12. The monoisotopic (exact) mass is 292 g/mol. The van der Waals surface area contributed by atoms with Gasteiger partial charge >= 0.3 is 5.69 Å². The van der Waals surface area contributed by atoms with Gasteiger partial charge in [-0.15, -0.1) is 0 Å². The second-order valence-electron chi connectivity index (χ2n) is 4.24. The van der Waals surface area contributed by atoms with Gasteiger partial charge in [0.15, 0.2) is 0 Å². The quantitative estimate of drug-likeness (QED) is 0.769. The number of nitrogens with one attached hydrogen (secondary N) is 1. The molecule has 0 atom stereocenters. The van der Waals surface area contributed by atoms with Crippen molar-refractivity contribution in [3.05, 3.63) is 68.6 Å². The number of nitrogens with zero attached hydrogens (tertiary/aromatic N) is 1. The van der Waals surface area contributed by atoms with Gasteiger partial charge in [-0.05, 0) is 23.8 Å². The lowest BCUT2D eigenvalue weighted by molar-refractivity contribution is 0.787. The molecule has 0 saturated heterocycles. The first kappa shape index (κ1) is 12.3. The molecule has 0 aliphatic carbocycles. The predicted molar refractivity (Wildman–Crippen MR) is 78.1 cm³/mol. The third-order valence-corrected chi connectivity index (χ3v) is 3.70. The van der Waals surface area contributed by atoms with Gasteiger partial charge in [-0.2, -0.15) is 0 Å². The molecule has 96 valence electrons. The summed E-state index contributed by atoms with van der Waals surface area (Å²) in [6, 6.07) is 12.8. The Morgan fingerprint density at radius 3 is 2.53 bits per heavy atom. The van der Waals surface area contributed by atoms with E-state index in [2.05, 4.69) is 4.98 Å². The Bertz CT molecular complexity index is 805.